The first-order valence-corrected chi connectivity index (χ1v) is 2.81. The molecule has 0 unspecified atom stereocenters. The molecular formula is C5H6N3O2. The molecule has 1 aromatic rings. The van der Waals surface area contributed by atoms with Gasteiger partial charge in [0.2, 0.25) is 0 Å². The van der Waals surface area contributed by atoms with Crippen molar-refractivity contribution in [3.05, 3.63) is 6.33 Å². The van der Waals surface area contributed by atoms with Crippen LogP contribution in [0.1, 0.15) is 6.92 Å². The highest BCUT2D eigenvalue weighted by atomic mass is 16.5. The van der Waals surface area contributed by atoms with Crippen LogP contribution in [0.4, 0.5) is 0 Å². The molecule has 0 aliphatic heterocycles. The van der Waals surface area contributed by atoms with Crippen LogP contribution in [0.25, 0.3) is 0 Å². The molecule has 0 aromatic carbocycles. The molecule has 1 rings (SSSR count). The minimum Gasteiger partial charge on any atom is -0.464 e. The van der Waals surface area contributed by atoms with E-state index >= 15 is 0 Å². The fourth-order valence-electron chi connectivity index (χ4n) is 0.466. The minimum atomic E-state index is -0.571. The summed E-state index contributed by atoms with van der Waals surface area (Å²) in [7, 11) is 0. The van der Waals surface area contributed by atoms with Crippen LogP contribution in [-0.2, 0) is 5.11 Å². The van der Waals surface area contributed by atoms with Crippen molar-refractivity contribution in [3.8, 4) is 12.0 Å². The maximum atomic E-state index is 10.4. The maximum absolute atomic E-state index is 10.4. The van der Waals surface area contributed by atoms with E-state index in [1.54, 1.807) is 6.92 Å². The van der Waals surface area contributed by atoms with Gasteiger partial charge in [0.25, 0.3) is 0 Å². The number of hydrogen-bond donors (Lipinski definition) is 0. The third kappa shape index (κ3) is 1.54. The molecule has 1 heterocycles. The number of nitrogens with zero attached hydrogens (tertiary/aromatic N) is 3. The predicted molar refractivity (Wildman–Crippen MR) is 31.1 cm³/mol. The van der Waals surface area contributed by atoms with Crippen LogP contribution in [-0.4, -0.2) is 21.6 Å². The minimum absolute atomic E-state index is 0.0856. The summed E-state index contributed by atoms with van der Waals surface area (Å²) >= 11 is 0. The standard InChI is InChI=1S/C5H6N3O2/c1-2-10-5-7-3-6-4(9)8-5/h3H,2H2,1H3. The first-order chi connectivity index (χ1) is 4.83. The summed E-state index contributed by atoms with van der Waals surface area (Å²) in [6, 6.07) is -0.485. The summed E-state index contributed by atoms with van der Waals surface area (Å²) in [5, 5.41) is 10.4. The normalized spacial score (nSPS) is 9.30. The molecule has 0 bridgehead atoms. The van der Waals surface area contributed by atoms with Gasteiger partial charge >= 0.3 is 12.0 Å². The average molecular weight is 140 g/mol. The summed E-state index contributed by atoms with van der Waals surface area (Å²) in [4.78, 5) is 10.2. The Bertz CT molecular complexity index is 216. The van der Waals surface area contributed by atoms with Crippen molar-refractivity contribution in [3.63, 3.8) is 0 Å². The van der Waals surface area contributed by atoms with Gasteiger partial charge in [0, 0.05) is 0 Å². The zero-order chi connectivity index (χ0) is 7.40. The second-order valence-corrected chi connectivity index (χ2v) is 1.48. The van der Waals surface area contributed by atoms with E-state index in [0.29, 0.717) is 6.61 Å². The van der Waals surface area contributed by atoms with Gasteiger partial charge in [-0.1, -0.05) is 0 Å². The molecule has 0 fully saturated rings. The first-order valence-electron chi connectivity index (χ1n) is 2.81. The zero-order valence-corrected chi connectivity index (χ0v) is 5.44. The highest BCUT2D eigenvalue weighted by Crippen LogP contribution is 2.03. The van der Waals surface area contributed by atoms with Crippen LogP contribution in [0.3, 0.4) is 0 Å². The molecule has 0 atom stereocenters. The van der Waals surface area contributed by atoms with Crippen LogP contribution >= 0.6 is 0 Å². The van der Waals surface area contributed by atoms with E-state index in [9.17, 15) is 5.11 Å². The van der Waals surface area contributed by atoms with E-state index in [1.807, 2.05) is 0 Å². The Balaban J connectivity index is 2.75. The molecule has 53 valence electrons. The quantitative estimate of drug-likeness (QED) is 0.596. The molecule has 0 spiro atoms. The van der Waals surface area contributed by atoms with E-state index in [2.05, 4.69) is 15.0 Å². The van der Waals surface area contributed by atoms with Crippen LogP contribution in [0.2, 0.25) is 0 Å². The maximum Gasteiger partial charge on any atom is 0.373 e. The van der Waals surface area contributed by atoms with Crippen molar-refractivity contribution >= 4 is 0 Å². The molecular weight excluding hydrogens is 134 g/mol. The lowest BCUT2D eigenvalue weighted by atomic mass is 10.8. The summed E-state index contributed by atoms with van der Waals surface area (Å²) in [5.74, 6) is 0. The van der Waals surface area contributed by atoms with Crippen molar-refractivity contribution in [1.29, 1.82) is 0 Å². The second-order valence-electron chi connectivity index (χ2n) is 1.48. The molecule has 5 heteroatoms. The number of ether oxygens (including phenoxy) is 1. The van der Waals surface area contributed by atoms with E-state index in [1.165, 1.54) is 0 Å². The van der Waals surface area contributed by atoms with Gasteiger partial charge in [-0.25, -0.2) is 5.11 Å². The highest BCUT2D eigenvalue weighted by Gasteiger charge is 1.97. The van der Waals surface area contributed by atoms with E-state index in [-0.39, 0.29) is 6.01 Å². The molecule has 0 saturated heterocycles. The SMILES string of the molecule is CCOc1ncnc([O])n1. The molecule has 0 amide bonds. The lowest BCUT2D eigenvalue weighted by Gasteiger charge is -1.96. The summed E-state index contributed by atoms with van der Waals surface area (Å²) < 4.78 is 4.82. The van der Waals surface area contributed by atoms with Crippen LogP contribution in [0.5, 0.6) is 12.0 Å². The topological polar surface area (TPSA) is 67.8 Å². The van der Waals surface area contributed by atoms with Crippen LogP contribution < -0.4 is 4.74 Å². The van der Waals surface area contributed by atoms with Crippen LogP contribution in [0, 0.1) is 0 Å². The number of hydrogen-bond acceptors (Lipinski definition) is 4. The fraction of sp³-hybridized carbons (Fsp3) is 0.400. The molecule has 0 saturated carbocycles. The largest absolute Gasteiger partial charge is 0.464 e. The summed E-state index contributed by atoms with van der Waals surface area (Å²) in [5.41, 5.74) is 0. The van der Waals surface area contributed by atoms with Gasteiger partial charge in [0.15, 0.2) is 0 Å². The van der Waals surface area contributed by atoms with Crippen molar-refractivity contribution < 1.29 is 9.84 Å². The summed E-state index contributed by atoms with van der Waals surface area (Å²) in [6.07, 6.45) is 1.13. The molecule has 1 radical (unpaired) electrons. The van der Waals surface area contributed by atoms with Gasteiger partial charge in [-0.05, 0) is 6.92 Å². The van der Waals surface area contributed by atoms with Gasteiger partial charge in [-0.3, -0.25) is 0 Å². The number of aromatic nitrogens is 3. The Kier molecular flexibility index (Phi) is 1.99. The van der Waals surface area contributed by atoms with Crippen molar-refractivity contribution in [2.45, 2.75) is 6.92 Å². The third-order valence-corrected chi connectivity index (χ3v) is 0.801. The van der Waals surface area contributed by atoms with E-state index in [0.717, 1.165) is 6.33 Å². The Labute approximate surface area is 57.7 Å². The molecule has 1 aromatic heterocycles. The lowest BCUT2D eigenvalue weighted by molar-refractivity contribution is 0.278. The molecule has 0 aliphatic carbocycles. The van der Waals surface area contributed by atoms with Gasteiger partial charge < -0.3 is 4.74 Å². The Morgan fingerprint density at radius 3 is 3.00 bits per heavy atom. The van der Waals surface area contributed by atoms with Gasteiger partial charge in [-0.15, -0.1) is 4.98 Å². The van der Waals surface area contributed by atoms with Crippen molar-refractivity contribution in [1.82, 2.24) is 15.0 Å². The van der Waals surface area contributed by atoms with Crippen molar-refractivity contribution in [2.24, 2.45) is 0 Å². The molecule has 0 N–H and O–H groups in total. The highest BCUT2D eigenvalue weighted by molar-refractivity contribution is 4.96. The Hall–Kier alpha value is -1.39. The van der Waals surface area contributed by atoms with E-state index < -0.39 is 6.01 Å². The number of rotatable bonds is 2. The van der Waals surface area contributed by atoms with Gasteiger partial charge in [-0.2, -0.15) is 9.97 Å². The molecule has 5 nitrogen and oxygen atoms in total. The molecule has 0 aliphatic rings. The smallest absolute Gasteiger partial charge is 0.373 e. The van der Waals surface area contributed by atoms with Crippen molar-refractivity contribution in [2.75, 3.05) is 6.61 Å². The first kappa shape index (κ1) is 6.73. The van der Waals surface area contributed by atoms with Gasteiger partial charge in [0.05, 0.1) is 6.61 Å². The average Bonchev–Trinajstić information content (AvgIpc) is 1.88. The monoisotopic (exact) mass is 140 g/mol. The fourth-order valence-corrected chi connectivity index (χ4v) is 0.466. The van der Waals surface area contributed by atoms with Crippen LogP contribution in [0.15, 0.2) is 6.33 Å². The second kappa shape index (κ2) is 2.95. The van der Waals surface area contributed by atoms with Gasteiger partial charge in [0.1, 0.15) is 6.33 Å². The zero-order valence-electron chi connectivity index (χ0n) is 5.44. The third-order valence-electron chi connectivity index (χ3n) is 0.801. The Morgan fingerprint density at radius 1 is 1.60 bits per heavy atom. The lowest BCUT2D eigenvalue weighted by Crippen LogP contribution is -1.96. The molecule has 10 heavy (non-hydrogen) atoms. The summed E-state index contributed by atoms with van der Waals surface area (Å²) in [6.45, 7) is 2.23. The van der Waals surface area contributed by atoms with E-state index in [4.69, 9.17) is 4.74 Å². The predicted octanol–water partition coefficient (Wildman–Crippen LogP) is 0.414. The Morgan fingerprint density at radius 2 is 2.40 bits per heavy atom.